The van der Waals surface area contributed by atoms with Crippen LogP contribution in [0.15, 0.2) is 30.9 Å². The van der Waals surface area contributed by atoms with E-state index in [1.54, 1.807) is 24.7 Å². The first-order chi connectivity index (χ1) is 16.8. The number of nitrogens with zero attached hydrogens (tertiary/aromatic N) is 6. The van der Waals surface area contributed by atoms with Gasteiger partial charge < -0.3 is 10.4 Å². The van der Waals surface area contributed by atoms with Crippen molar-refractivity contribution in [2.24, 2.45) is 0 Å². The number of aliphatic hydroxyl groups is 1. The summed E-state index contributed by atoms with van der Waals surface area (Å²) in [7, 11) is 0. The van der Waals surface area contributed by atoms with Crippen LogP contribution in [-0.4, -0.2) is 63.8 Å². The first-order valence-electron chi connectivity index (χ1n) is 11.3. The molecule has 0 spiro atoms. The van der Waals surface area contributed by atoms with E-state index in [4.69, 9.17) is 0 Å². The summed E-state index contributed by atoms with van der Waals surface area (Å²) in [6.45, 7) is 0.483. The summed E-state index contributed by atoms with van der Waals surface area (Å²) >= 11 is 1.15. The van der Waals surface area contributed by atoms with Crippen LogP contribution in [0.25, 0.3) is 16.9 Å². The summed E-state index contributed by atoms with van der Waals surface area (Å²) in [6, 6.07) is 1.73. The normalized spacial score (nSPS) is 15.9. The number of hydrogen-bond acceptors (Lipinski definition) is 8. The lowest BCUT2D eigenvalue weighted by Crippen LogP contribution is -2.52. The molecule has 4 aromatic heterocycles. The lowest BCUT2D eigenvalue weighted by Gasteiger charge is -2.40. The van der Waals surface area contributed by atoms with Crippen molar-refractivity contribution in [3.63, 3.8) is 0 Å². The highest BCUT2D eigenvalue weighted by molar-refractivity contribution is 7.10. The van der Waals surface area contributed by atoms with Crippen molar-refractivity contribution >= 4 is 28.0 Å². The number of fused-ring (bicyclic) bond motifs is 1. The third kappa shape index (κ3) is 4.88. The molecule has 3 N–H and O–H groups in total. The first-order valence-corrected chi connectivity index (χ1v) is 12.0. The quantitative estimate of drug-likeness (QED) is 0.327. The zero-order valence-corrected chi connectivity index (χ0v) is 19.8. The van der Waals surface area contributed by atoms with Gasteiger partial charge in [0.25, 0.3) is 0 Å². The lowest BCUT2D eigenvalue weighted by molar-refractivity contribution is -0.165. The van der Waals surface area contributed by atoms with Crippen molar-refractivity contribution < 1.29 is 18.3 Å². The molecular formula is C22H25F3N8OS. The van der Waals surface area contributed by atoms with Crippen molar-refractivity contribution in [1.29, 1.82) is 0 Å². The zero-order valence-electron chi connectivity index (χ0n) is 19.0. The van der Waals surface area contributed by atoms with E-state index in [9.17, 15) is 18.3 Å². The second-order valence-electron chi connectivity index (χ2n) is 8.92. The Morgan fingerprint density at radius 1 is 1.29 bits per heavy atom. The summed E-state index contributed by atoms with van der Waals surface area (Å²) < 4.78 is 46.4. The van der Waals surface area contributed by atoms with Crippen molar-refractivity contribution in [2.75, 3.05) is 18.5 Å². The predicted octanol–water partition coefficient (Wildman–Crippen LogP) is 4.30. The Balaban J connectivity index is 1.40. The first kappa shape index (κ1) is 23.7. The number of imidazole rings is 1. The van der Waals surface area contributed by atoms with Crippen molar-refractivity contribution in [2.45, 2.75) is 50.9 Å². The Morgan fingerprint density at radius 2 is 2.09 bits per heavy atom. The van der Waals surface area contributed by atoms with Crippen molar-refractivity contribution in [3.8, 4) is 11.3 Å². The number of H-pyrrole nitrogens is 1. The van der Waals surface area contributed by atoms with E-state index in [1.165, 1.54) is 4.90 Å². The van der Waals surface area contributed by atoms with E-state index < -0.39 is 18.3 Å². The van der Waals surface area contributed by atoms with Crippen LogP contribution >= 0.6 is 11.5 Å². The van der Waals surface area contributed by atoms with E-state index >= 15 is 0 Å². The van der Waals surface area contributed by atoms with Crippen molar-refractivity contribution in [1.82, 2.24) is 33.8 Å². The molecule has 1 aliphatic carbocycles. The molecule has 0 unspecified atom stereocenters. The Hall–Kier alpha value is -3.03. The van der Waals surface area contributed by atoms with Gasteiger partial charge in [0, 0.05) is 30.0 Å². The maximum absolute atomic E-state index is 13.4. The summed E-state index contributed by atoms with van der Waals surface area (Å²) in [4.78, 5) is 10.4. The molecule has 4 heterocycles. The Morgan fingerprint density at radius 3 is 2.77 bits per heavy atom. The fourth-order valence-corrected chi connectivity index (χ4v) is 5.43. The number of aromatic amines is 1. The molecule has 9 nitrogen and oxygen atoms in total. The molecule has 1 fully saturated rings. The second kappa shape index (κ2) is 9.21. The van der Waals surface area contributed by atoms with Gasteiger partial charge in [0.15, 0.2) is 11.5 Å². The molecule has 0 aliphatic heterocycles. The fourth-order valence-electron chi connectivity index (χ4n) is 4.77. The van der Waals surface area contributed by atoms with E-state index in [0.717, 1.165) is 41.3 Å². The summed E-state index contributed by atoms with van der Waals surface area (Å²) in [5, 5.41) is 20.7. The van der Waals surface area contributed by atoms with Gasteiger partial charge in [-0.05, 0) is 37.4 Å². The minimum atomic E-state index is -4.37. The maximum Gasteiger partial charge on any atom is 0.401 e. The summed E-state index contributed by atoms with van der Waals surface area (Å²) in [6.07, 6.45) is 5.41. The largest absolute Gasteiger partial charge is 0.401 e. The van der Waals surface area contributed by atoms with Gasteiger partial charge >= 0.3 is 6.18 Å². The predicted molar refractivity (Wildman–Crippen MR) is 125 cm³/mol. The van der Waals surface area contributed by atoms with E-state index in [2.05, 4.69) is 29.9 Å². The second-order valence-corrected chi connectivity index (χ2v) is 9.73. The van der Waals surface area contributed by atoms with Gasteiger partial charge in [0.1, 0.15) is 5.00 Å². The highest BCUT2D eigenvalue weighted by atomic mass is 32.1. The topological polar surface area (TPSA) is 107 Å². The van der Waals surface area contributed by atoms with Crippen molar-refractivity contribution in [3.05, 3.63) is 42.2 Å². The highest BCUT2D eigenvalue weighted by Crippen LogP contribution is 2.38. The van der Waals surface area contributed by atoms with Crippen LogP contribution in [0.5, 0.6) is 0 Å². The standard InChI is InChI=1S/C22H25F3N8OS/c1-14-10-33-17(15-7-27-28-8-15)9-26-20(33)19(29-14)30-18-6-16(31-35-18)11-32(12-22(23,24)25)21(13-34)4-2-3-5-21/h6-10,34H,2-5,11-13H2,1H3,(H,27,28)(H,29,30). The Labute approximate surface area is 203 Å². The van der Waals surface area contributed by atoms with Crippen LogP contribution in [0.4, 0.5) is 24.0 Å². The number of hydrogen-bond donors (Lipinski definition) is 3. The molecule has 0 aromatic carbocycles. The van der Waals surface area contributed by atoms with Gasteiger partial charge in [0.05, 0.1) is 42.6 Å². The lowest BCUT2D eigenvalue weighted by atomic mass is 9.95. The number of anilines is 2. The molecule has 0 atom stereocenters. The smallest absolute Gasteiger partial charge is 0.394 e. The fraction of sp³-hybridized carbons (Fsp3) is 0.455. The highest BCUT2D eigenvalue weighted by Gasteiger charge is 2.44. The number of aromatic nitrogens is 6. The molecule has 186 valence electrons. The number of aryl methyl sites for hydroxylation is 1. The van der Waals surface area contributed by atoms with E-state index in [-0.39, 0.29) is 13.2 Å². The number of aliphatic hydroxyl groups excluding tert-OH is 1. The summed E-state index contributed by atoms with van der Waals surface area (Å²) in [5.41, 5.74) is 2.73. The third-order valence-corrected chi connectivity index (χ3v) is 7.17. The monoisotopic (exact) mass is 506 g/mol. The number of rotatable bonds is 8. The van der Waals surface area contributed by atoms with Crippen LogP contribution < -0.4 is 5.32 Å². The maximum atomic E-state index is 13.4. The molecule has 5 rings (SSSR count). The van der Waals surface area contributed by atoms with E-state index in [0.29, 0.717) is 35.0 Å². The number of nitrogens with one attached hydrogen (secondary N) is 2. The molecule has 0 radical (unpaired) electrons. The van der Waals surface area contributed by atoms with Gasteiger partial charge in [-0.25, -0.2) is 9.97 Å². The molecule has 0 saturated heterocycles. The van der Waals surface area contributed by atoms with Gasteiger partial charge in [-0.15, -0.1) is 0 Å². The molecule has 1 aliphatic rings. The van der Waals surface area contributed by atoms with Gasteiger partial charge in [-0.1, -0.05) is 12.8 Å². The Kier molecular flexibility index (Phi) is 6.23. The van der Waals surface area contributed by atoms with Crippen LogP contribution in [-0.2, 0) is 6.54 Å². The van der Waals surface area contributed by atoms with Crippen LogP contribution in [0, 0.1) is 6.92 Å². The Bertz CT molecular complexity index is 1290. The molecular weight excluding hydrogens is 481 g/mol. The number of alkyl halides is 3. The molecule has 1 saturated carbocycles. The number of halogens is 3. The van der Waals surface area contributed by atoms with Gasteiger partial charge in [-0.2, -0.15) is 22.6 Å². The minimum Gasteiger partial charge on any atom is -0.394 e. The van der Waals surface area contributed by atoms with Crippen LogP contribution in [0.1, 0.15) is 37.1 Å². The van der Waals surface area contributed by atoms with Crippen LogP contribution in [0.2, 0.25) is 0 Å². The third-order valence-electron chi connectivity index (χ3n) is 6.43. The molecule has 0 bridgehead atoms. The minimum absolute atomic E-state index is 0.00290. The SMILES string of the molecule is Cc1cn2c(-c3cn[nH]c3)cnc2c(Nc2cc(CN(CC(F)(F)F)C3(CO)CCCC3)ns2)n1. The average Bonchev–Trinajstić information content (AvgIpc) is 3.59. The molecule has 35 heavy (non-hydrogen) atoms. The van der Waals surface area contributed by atoms with Gasteiger partial charge in [0.2, 0.25) is 0 Å². The van der Waals surface area contributed by atoms with Crippen LogP contribution in [0.3, 0.4) is 0 Å². The summed E-state index contributed by atoms with van der Waals surface area (Å²) in [5.74, 6) is 0.518. The zero-order chi connectivity index (χ0) is 24.6. The van der Waals surface area contributed by atoms with Gasteiger partial charge in [-0.3, -0.25) is 14.4 Å². The average molecular weight is 507 g/mol. The molecule has 4 aromatic rings. The molecule has 0 amide bonds. The molecule has 13 heteroatoms. The van der Waals surface area contributed by atoms with E-state index in [1.807, 2.05) is 17.5 Å².